The van der Waals surface area contributed by atoms with E-state index >= 15 is 0 Å². The number of nitrogens with two attached hydrogens (primary N) is 1. The first-order valence-corrected chi connectivity index (χ1v) is 5.54. The van der Waals surface area contributed by atoms with Crippen LogP contribution in [-0.4, -0.2) is 66.2 Å². The Kier molecular flexibility index (Phi) is 4.67. The SMILES string of the molecule is CC(C(=O)NN)N1CC(O)CC1CN(C)C. The molecule has 16 heavy (non-hydrogen) atoms. The third kappa shape index (κ3) is 3.15. The molecule has 3 unspecified atom stereocenters. The van der Waals surface area contributed by atoms with Crippen LogP contribution < -0.4 is 11.3 Å². The molecule has 1 aliphatic heterocycles. The van der Waals surface area contributed by atoms with E-state index in [1.165, 1.54) is 0 Å². The van der Waals surface area contributed by atoms with Crippen LogP contribution in [0.5, 0.6) is 0 Å². The van der Waals surface area contributed by atoms with Crippen LogP contribution in [-0.2, 0) is 4.79 Å². The Labute approximate surface area is 96.4 Å². The fourth-order valence-corrected chi connectivity index (χ4v) is 2.26. The predicted octanol–water partition coefficient (Wildman–Crippen LogP) is -1.64. The number of nitrogens with zero attached hydrogens (tertiary/aromatic N) is 2. The van der Waals surface area contributed by atoms with Crippen molar-refractivity contribution in [2.24, 2.45) is 5.84 Å². The first-order valence-electron chi connectivity index (χ1n) is 5.54. The molecule has 94 valence electrons. The summed E-state index contributed by atoms with van der Waals surface area (Å²) in [7, 11) is 3.97. The molecule has 0 aromatic rings. The van der Waals surface area contributed by atoms with Gasteiger partial charge in [-0.1, -0.05) is 0 Å². The molecule has 1 saturated heterocycles. The summed E-state index contributed by atoms with van der Waals surface area (Å²) in [6.45, 7) is 3.18. The van der Waals surface area contributed by atoms with E-state index in [2.05, 4.69) is 10.3 Å². The Morgan fingerprint density at radius 3 is 2.81 bits per heavy atom. The summed E-state index contributed by atoms with van der Waals surface area (Å²) in [5, 5.41) is 9.66. The first-order chi connectivity index (χ1) is 7.45. The summed E-state index contributed by atoms with van der Waals surface area (Å²) < 4.78 is 0. The van der Waals surface area contributed by atoms with E-state index in [1.807, 2.05) is 25.9 Å². The van der Waals surface area contributed by atoms with Crippen LogP contribution in [0.3, 0.4) is 0 Å². The molecule has 1 aliphatic rings. The number of likely N-dealkylation sites (N-methyl/N-ethyl adjacent to an activating group) is 1. The number of hydrogen-bond acceptors (Lipinski definition) is 5. The standard InChI is InChI=1S/C10H22N4O2/c1-7(10(16)12-11)14-6-9(15)4-8(14)5-13(2)3/h7-9,15H,4-6,11H2,1-3H3,(H,12,16). The molecule has 6 heteroatoms. The van der Waals surface area contributed by atoms with E-state index in [9.17, 15) is 9.90 Å². The van der Waals surface area contributed by atoms with Crippen LogP contribution in [0.15, 0.2) is 0 Å². The Balaban J connectivity index is 2.65. The molecule has 6 nitrogen and oxygen atoms in total. The number of carbonyl (C=O) groups is 1. The number of nitrogens with one attached hydrogen (secondary N) is 1. The highest BCUT2D eigenvalue weighted by molar-refractivity contribution is 5.80. The zero-order valence-corrected chi connectivity index (χ0v) is 10.2. The molecule has 0 spiro atoms. The minimum atomic E-state index is -0.349. The lowest BCUT2D eigenvalue weighted by molar-refractivity contribution is -0.126. The Bertz CT molecular complexity index is 247. The molecule has 1 fully saturated rings. The lowest BCUT2D eigenvalue weighted by Crippen LogP contribution is -2.51. The number of carbonyl (C=O) groups excluding carboxylic acids is 1. The normalized spacial score (nSPS) is 28.4. The number of aliphatic hydroxyl groups excluding tert-OH is 1. The molecule has 0 saturated carbocycles. The van der Waals surface area contributed by atoms with Gasteiger partial charge in [0, 0.05) is 19.1 Å². The molecule has 4 N–H and O–H groups in total. The number of hydrogen-bond donors (Lipinski definition) is 3. The molecule has 3 atom stereocenters. The molecule has 0 aliphatic carbocycles. The van der Waals surface area contributed by atoms with Gasteiger partial charge in [0.25, 0.3) is 5.91 Å². The van der Waals surface area contributed by atoms with Crippen molar-refractivity contribution in [3.05, 3.63) is 0 Å². The van der Waals surface area contributed by atoms with Crippen LogP contribution in [0.2, 0.25) is 0 Å². The fraction of sp³-hybridized carbons (Fsp3) is 0.900. The van der Waals surface area contributed by atoms with Gasteiger partial charge in [0.05, 0.1) is 12.1 Å². The Morgan fingerprint density at radius 1 is 1.69 bits per heavy atom. The highest BCUT2D eigenvalue weighted by Crippen LogP contribution is 2.21. The maximum atomic E-state index is 11.5. The lowest BCUT2D eigenvalue weighted by atomic mass is 10.1. The van der Waals surface area contributed by atoms with E-state index in [4.69, 9.17) is 5.84 Å². The van der Waals surface area contributed by atoms with E-state index in [-0.39, 0.29) is 24.1 Å². The molecule has 0 aromatic heterocycles. The summed E-state index contributed by atoms with van der Waals surface area (Å²) in [4.78, 5) is 15.5. The van der Waals surface area contributed by atoms with Crippen molar-refractivity contribution in [1.82, 2.24) is 15.2 Å². The summed E-state index contributed by atoms with van der Waals surface area (Å²) in [5.74, 6) is 4.91. The molecule has 0 radical (unpaired) electrons. The highest BCUT2D eigenvalue weighted by Gasteiger charge is 2.36. The van der Waals surface area contributed by atoms with Crippen LogP contribution in [0, 0.1) is 0 Å². The molecular formula is C10H22N4O2. The van der Waals surface area contributed by atoms with Gasteiger partial charge in [0.15, 0.2) is 0 Å². The van der Waals surface area contributed by atoms with E-state index < -0.39 is 0 Å². The number of rotatable bonds is 4. The monoisotopic (exact) mass is 230 g/mol. The van der Waals surface area contributed by atoms with E-state index in [0.29, 0.717) is 13.0 Å². The van der Waals surface area contributed by atoms with Crippen molar-refractivity contribution in [2.45, 2.75) is 31.5 Å². The van der Waals surface area contributed by atoms with Crippen molar-refractivity contribution in [3.8, 4) is 0 Å². The summed E-state index contributed by atoms with van der Waals surface area (Å²) in [6, 6.07) is -0.0931. The number of aliphatic hydroxyl groups is 1. The Hall–Kier alpha value is -0.690. The van der Waals surface area contributed by atoms with E-state index in [1.54, 1.807) is 0 Å². The van der Waals surface area contributed by atoms with Gasteiger partial charge in [-0.2, -0.15) is 0 Å². The van der Waals surface area contributed by atoms with Gasteiger partial charge in [0.1, 0.15) is 0 Å². The van der Waals surface area contributed by atoms with Gasteiger partial charge in [-0.3, -0.25) is 15.1 Å². The average Bonchev–Trinajstić information content (AvgIpc) is 2.56. The van der Waals surface area contributed by atoms with E-state index in [0.717, 1.165) is 6.54 Å². The third-order valence-corrected chi connectivity index (χ3v) is 3.03. The second-order valence-electron chi connectivity index (χ2n) is 4.69. The van der Waals surface area contributed by atoms with Crippen molar-refractivity contribution in [1.29, 1.82) is 0 Å². The largest absolute Gasteiger partial charge is 0.392 e. The second-order valence-corrected chi connectivity index (χ2v) is 4.69. The number of hydrazine groups is 1. The molecule has 1 rings (SSSR count). The minimum Gasteiger partial charge on any atom is -0.392 e. The minimum absolute atomic E-state index is 0.206. The van der Waals surface area contributed by atoms with Crippen LogP contribution >= 0.6 is 0 Å². The molecule has 1 heterocycles. The maximum absolute atomic E-state index is 11.5. The van der Waals surface area contributed by atoms with Crippen molar-refractivity contribution >= 4 is 5.91 Å². The van der Waals surface area contributed by atoms with Crippen LogP contribution in [0.1, 0.15) is 13.3 Å². The van der Waals surface area contributed by atoms with Gasteiger partial charge in [-0.15, -0.1) is 0 Å². The van der Waals surface area contributed by atoms with Gasteiger partial charge < -0.3 is 10.0 Å². The zero-order chi connectivity index (χ0) is 12.3. The topological polar surface area (TPSA) is 81.8 Å². The zero-order valence-electron chi connectivity index (χ0n) is 10.2. The second kappa shape index (κ2) is 5.58. The molecule has 0 bridgehead atoms. The summed E-state index contributed by atoms with van der Waals surface area (Å²) in [6.07, 6.45) is 0.360. The van der Waals surface area contributed by atoms with Crippen LogP contribution in [0.4, 0.5) is 0 Å². The lowest BCUT2D eigenvalue weighted by Gasteiger charge is -2.30. The van der Waals surface area contributed by atoms with Gasteiger partial charge in [-0.05, 0) is 27.4 Å². The van der Waals surface area contributed by atoms with Gasteiger partial charge in [-0.25, -0.2) is 5.84 Å². The fourth-order valence-electron chi connectivity index (χ4n) is 2.26. The smallest absolute Gasteiger partial charge is 0.250 e. The third-order valence-electron chi connectivity index (χ3n) is 3.03. The molecule has 1 amide bonds. The molecular weight excluding hydrogens is 208 g/mol. The van der Waals surface area contributed by atoms with Gasteiger partial charge in [0.2, 0.25) is 0 Å². The van der Waals surface area contributed by atoms with Crippen molar-refractivity contribution in [3.63, 3.8) is 0 Å². The number of amides is 1. The van der Waals surface area contributed by atoms with Crippen LogP contribution in [0.25, 0.3) is 0 Å². The first kappa shape index (κ1) is 13.4. The predicted molar refractivity (Wildman–Crippen MR) is 61.5 cm³/mol. The van der Waals surface area contributed by atoms with Crippen molar-refractivity contribution < 1.29 is 9.90 Å². The number of β-amino-alcohol motifs (C(OH)–C–C–N with tert-alkyl or cyclic N) is 1. The van der Waals surface area contributed by atoms with Gasteiger partial charge >= 0.3 is 0 Å². The Morgan fingerprint density at radius 2 is 2.31 bits per heavy atom. The maximum Gasteiger partial charge on any atom is 0.250 e. The quantitative estimate of drug-likeness (QED) is 0.307. The van der Waals surface area contributed by atoms with Crippen molar-refractivity contribution in [2.75, 3.05) is 27.2 Å². The average molecular weight is 230 g/mol. The summed E-state index contributed by atoms with van der Waals surface area (Å²) >= 11 is 0. The summed E-state index contributed by atoms with van der Waals surface area (Å²) in [5.41, 5.74) is 2.15. The molecule has 0 aromatic carbocycles. The number of likely N-dealkylation sites (tertiary alicyclic amines) is 1. The highest BCUT2D eigenvalue weighted by atomic mass is 16.3.